The Morgan fingerprint density at radius 2 is 2.17 bits per heavy atom. The average Bonchev–Trinajstić information content (AvgIpc) is 3.13. The van der Waals surface area contributed by atoms with E-state index in [4.69, 9.17) is 4.74 Å². The van der Waals surface area contributed by atoms with Gasteiger partial charge in [-0.05, 0) is 24.8 Å². The molecule has 0 amide bonds. The van der Waals surface area contributed by atoms with Crippen LogP contribution in [0, 0.1) is 5.92 Å². The summed E-state index contributed by atoms with van der Waals surface area (Å²) in [7, 11) is -3.56. The van der Waals surface area contributed by atoms with Gasteiger partial charge < -0.3 is 9.72 Å². The number of ether oxygens (including phenoxy) is 1. The molecular formula is C11H16N2O4S. The Bertz CT molecular complexity index is 528. The van der Waals surface area contributed by atoms with Gasteiger partial charge in [0.15, 0.2) is 0 Å². The minimum Gasteiger partial charge on any atom is -0.380 e. The fourth-order valence-electron chi connectivity index (χ4n) is 1.43. The monoisotopic (exact) mass is 272 g/mol. The van der Waals surface area contributed by atoms with E-state index in [9.17, 15) is 13.2 Å². The molecule has 1 aliphatic carbocycles. The van der Waals surface area contributed by atoms with Crippen molar-refractivity contribution in [2.75, 3.05) is 19.8 Å². The van der Waals surface area contributed by atoms with Gasteiger partial charge in [0, 0.05) is 25.4 Å². The lowest BCUT2D eigenvalue weighted by molar-refractivity contribution is 0.129. The summed E-state index contributed by atoms with van der Waals surface area (Å²) in [5.41, 5.74) is -0.332. The van der Waals surface area contributed by atoms with Crippen LogP contribution in [-0.2, 0) is 14.8 Å². The van der Waals surface area contributed by atoms with E-state index >= 15 is 0 Å². The first kappa shape index (κ1) is 13.3. The number of aromatic amines is 1. The molecule has 2 rings (SSSR count). The molecule has 7 heteroatoms. The largest absolute Gasteiger partial charge is 0.380 e. The second-order valence-corrected chi connectivity index (χ2v) is 6.07. The summed E-state index contributed by atoms with van der Waals surface area (Å²) in [4.78, 5) is 13.2. The third kappa shape index (κ3) is 3.94. The standard InChI is InChI=1S/C11H16N2O4S/c14-11-4-3-10(7-12-11)18(15,16)13-5-6-17-8-9-1-2-9/h3-4,7,9,13H,1-2,5-6,8H2,(H,12,14). The van der Waals surface area contributed by atoms with Crippen LogP contribution in [0.15, 0.2) is 28.0 Å². The lowest BCUT2D eigenvalue weighted by atomic mass is 10.5. The zero-order chi connectivity index (χ0) is 13.0. The number of nitrogens with one attached hydrogen (secondary N) is 2. The highest BCUT2D eigenvalue weighted by molar-refractivity contribution is 7.89. The Balaban J connectivity index is 1.79. The van der Waals surface area contributed by atoms with Gasteiger partial charge in [0.1, 0.15) is 0 Å². The first-order chi connectivity index (χ1) is 8.58. The van der Waals surface area contributed by atoms with Crippen molar-refractivity contribution in [3.63, 3.8) is 0 Å². The predicted octanol–water partition coefficient (Wildman–Crippen LogP) is 0.0798. The maximum atomic E-state index is 11.8. The van der Waals surface area contributed by atoms with Crippen molar-refractivity contribution in [3.05, 3.63) is 28.7 Å². The van der Waals surface area contributed by atoms with Gasteiger partial charge in [-0.15, -0.1) is 0 Å². The second-order valence-electron chi connectivity index (χ2n) is 4.30. The van der Waals surface area contributed by atoms with E-state index in [0.29, 0.717) is 19.1 Å². The maximum Gasteiger partial charge on any atom is 0.247 e. The predicted molar refractivity (Wildman–Crippen MR) is 65.8 cm³/mol. The molecule has 0 bridgehead atoms. The van der Waals surface area contributed by atoms with Crippen LogP contribution in [0.1, 0.15) is 12.8 Å². The maximum absolute atomic E-state index is 11.8. The fraction of sp³-hybridized carbons (Fsp3) is 0.545. The molecule has 0 spiro atoms. The van der Waals surface area contributed by atoms with Gasteiger partial charge in [-0.25, -0.2) is 13.1 Å². The molecule has 0 radical (unpaired) electrons. The summed E-state index contributed by atoms with van der Waals surface area (Å²) < 4.78 is 31.3. The van der Waals surface area contributed by atoms with E-state index in [1.54, 1.807) is 0 Å². The number of sulfonamides is 1. The van der Waals surface area contributed by atoms with E-state index in [2.05, 4.69) is 9.71 Å². The Labute approximate surface area is 105 Å². The highest BCUT2D eigenvalue weighted by atomic mass is 32.2. The van der Waals surface area contributed by atoms with Crippen molar-refractivity contribution < 1.29 is 13.2 Å². The van der Waals surface area contributed by atoms with Gasteiger partial charge in [0.25, 0.3) is 0 Å². The number of aromatic nitrogens is 1. The second kappa shape index (κ2) is 5.64. The zero-order valence-electron chi connectivity index (χ0n) is 9.89. The Kier molecular flexibility index (Phi) is 4.15. The summed E-state index contributed by atoms with van der Waals surface area (Å²) >= 11 is 0. The number of hydrogen-bond acceptors (Lipinski definition) is 4. The van der Waals surface area contributed by atoms with Crippen molar-refractivity contribution in [2.45, 2.75) is 17.7 Å². The van der Waals surface area contributed by atoms with Crippen molar-refractivity contribution in [3.8, 4) is 0 Å². The Hall–Kier alpha value is -1.18. The molecule has 6 nitrogen and oxygen atoms in total. The van der Waals surface area contributed by atoms with Crippen LogP contribution in [0.25, 0.3) is 0 Å². The topological polar surface area (TPSA) is 88.3 Å². The van der Waals surface area contributed by atoms with Crippen molar-refractivity contribution in [2.24, 2.45) is 5.92 Å². The van der Waals surface area contributed by atoms with Gasteiger partial charge in [-0.3, -0.25) is 4.79 Å². The van der Waals surface area contributed by atoms with Crippen LogP contribution < -0.4 is 10.3 Å². The Morgan fingerprint density at radius 3 is 2.78 bits per heavy atom. The molecule has 2 N–H and O–H groups in total. The van der Waals surface area contributed by atoms with Gasteiger partial charge in [-0.2, -0.15) is 0 Å². The smallest absolute Gasteiger partial charge is 0.247 e. The molecule has 0 saturated heterocycles. The lowest BCUT2D eigenvalue weighted by Crippen LogP contribution is -2.28. The van der Waals surface area contributed by atoms with E-state index in [0.717, 1.165) is 0 Å². The third-order valence-electron chi connectivity index (χ3n) is 2.65. The number of pyridine rings is 1. The van der Waals surface area contributed by atoms with E-state index in [1.807, 2.05) is 0 Å². The zero-order valence-corrected chi connectivity index (χ0v) is 10.7. The normalized spacial score (nSPS) is 15.8. The number of rotatable bonds is 7. The van der Waals surface area contributed by atoms with Gasteiger partial charge in [0.05, 0.1) is 11.5 Å². The summed E-state index contributed by atoms with van der Waals surface area (Å²) in [5.74, 6) is 0.667. The number of H-pyrrole nitrogens is 1. The molecular weight excluding hydrogens is 256 g/mol. The first-order valence-electron chi connectivity index (χ1n) is 5.84. The molecule has 1 saturated carbocycles. The van der Waals surface area contributed by atoms with Crippen LogP contribution in [0.4, 0.5) is 0 Å². The molecule has 1 aromatic heterocycles. The summed E-state index contributed by atoms with van der Waals surface area (Å²) in [5, 5.41) is 0. The molecule has 18 heavy (non-hydrogen) atoms. The van der Waals surface area contributed by atoms with Crippen LogP contribution in [-0.4, -0.2) is 33.2 Å². The summed E-state index contributed by atoms with van der Waals surface area (Å²) in [6, 6.07) is 2.45. The third-order valence-corrected chi connectivity index (χ3v) is 4.11. The van der Waals surface area contributed by atoms with E-state index in [-0.39, 0.29) is 17.0 Å². The lowest BCUT2D eigenvalue weighted by Gasteiger charge is -2.06. The van der Waals surface area contributed by atoms with Gasteiger partial charge >= 0.3 is 0 Å². The molecule has 0 aliphatic heterocycles. The molecule has 1 aromatic rings. The van der Waals surface area contributed by atoms with Gasteiger partial charge in [0.2, 0.25) is 15.6 Å². The minimum atomic E-state index is -3.56. The van der Waals surface area contributed by atoms with E-state index < -0.39 is 10.0 Å². The van der Waals surface area contributed by atoms with Crippen LogP contribution in [0.5, 0.6) is 0 Å². The SMILES string of the molecule is O=c1ccc(S(=O)(=O)NCCOCC2CC2)c[nH]1. The average molecular weight is 272 g/mol. The number of hydrogen-bond donors (Lipinski definition) is 2. The molecule has 0 aromatic carbocycles. The molecule has 0 atom stereocenters. The quantitative estimate of drug-likeness (QED) is 0.688. The van der Waals surface area contributed by atoms with Crippen molar-refractivity contribution >= 4 is 10.0 Å². The minimum absolute atomic E-state index is 0.0456. The fourth-order valence-corrected chi connectivity index (χ4v) is 2.41. The highest BCUT2D eigenvalue weighted by Crippen LogP contribution is 2.28. The first-order valence-corrected chi connectivity index (χ1v) is 7.32. The van der Waals surface area contributed by atoms with Crippen molar-refractivity contribution in [1.82, 2.24) is 9.71 Å². The Morgan fingerprint density at radius 1 is 1.39 bits per heavy atom. The van der Waals surface area contributed by atoms with Crippen LogP contribution in [0.2, 0.25) is 0 Å². The van der Waals surface area contributed by atoms with Crippen LogP contribution >= 0.6 is 0 Å². The van der Waals surface area contributed by atoms with Crippen LogP contribution in [0.3, 0.4) is 0 Å². The van der Waals surface area contributed by atoms with Crippen molar-refractivity contribution in [1.29, 1.82) is 0 Å². The van der Waals surface area contributed by atoms with E-state index in [1.165, 1.54) is 31.2 Å². The van der Waals surface area contributed by atoms with Gasteiger partial charge in [-0.1, -0.05) is 0 Å². The molecule has 1 aliphatic rings. The summed E-state index contributed by atoms with van der Waals surface area (Å²) in [6.45, 7) is 1.30. The molecule has 1 heterocycles. The molecule has 0 unspecified atom stereocenters. The molecule has 100 valence electrons. The highest BCUT2D eigenvalue weighted by Gasteiger charge is 2.21. The summed E-state index contributed by atoms with van der Waals surface area (Å²) in [6.07, 6.45) is 3.60. The molecule has 1 fully saturated rings.